The van der Waals surface area contributed by atoms with Gasteiger partial charge in [-0.1, -0.05) is 26.0 Å². The molecule has 2 N–H and O–H groups in total. The molecule has 0 aromatic heterocycles. The smallest absolute Gasteiger partial charge is 0.187 e. The van der Waals surface area contributed by atoms with E-state index in [0.717, 1.165) is 11.3 Å². The minimum absolute atomic E-state index is 0.405. The van der Waals surface area contributed by atoms with Gasteiger partial charge in [-0.15, -0.1) is 0 Å². The molecule has 0 aliphatic carbocycles. The molecule has 0 radical (unpaired) electrons. The standard InChI is InChI=1S/C13H19N3OS/c1-10(2)8-15-16-13(18)14-9-11-4-6-12(17-3)7-5-11/h4-8,10H,9H2,1-3H3,(H2,14,16,18)/b15-8-. The van der Waals surface area contributed by atoms with Crippen LogP contribution in [0.25, 0.3) is 0 Å². The largest absolute Gasteiger partial charge is 0.497 e. The second kappa shape index (κ2) is 7.66. The lowest BCUT2D eigenvalue weighted by molar-refractivity contribution is 0.414. The number of nitrogens with zero attached hydrogens (tertiary/aromatic N) is 1. The predicted molar refractivity (Wildman–Crippen MR) is 78.9 cm³/mol. The lowest BCUT2D eigenvalue weighted by Crippen LogP contribution is -2.31. The molecule has 0 saturated heterocycles. The average Bonchev–Trinajstić information content (AvgIpc) is 2.36. The maximum Gasteiger partial charge on any atom is 0.187 e. The lowest BCUT2D eigenvalue weighted by atomic mass is 10.2. The quantitative estimate of drug-likeness (QED) is 0.487. The minimum Gasteiger partial charge on any atom is -0.497 e. The Labute approximate surface area is 113 Å². The van der Waals surface area contributed by atoms with Gasteiger partial charge in [-0.05, 0) is 35.8 Å². The Hall–Kier alpha value is -1.62. The van der Waals surface area contributed by atoms with Crippen molar-refractivity contribution in [2.45, 2.75) is 20.4 Å². The van der Waals surface area contributed by atoms with E-state index < -0.39 is 0 Å². The summed E-state index contributed by atoms with van der Waals surface area (Å²) in [5.41, 5.74) is 3.90. The number of hydrazone groups is 1. The Morgan fingerprint density at radius 2 is 2.06 bits per heavy atom. The molecule has 0 atom stereocenters. The van der Waals surface area contributed by atoms with E-state index in [9.17, 15) is 0 Å². The van der Waals surface area contributed by atoms with Gasteiger partial charge < -0.3 is 10.1 Å². The molecule has 0 bridgehead atoms. The van der Waals surface area contributed by atoms with Crippen LogP contribution in [0.1, 0.15) is 19.4 Å². The molecule has 0 heterocycles. The highest BCUT2D eigenvalue weighted by molar-refractivity contribution is 7.80. The van der Waals surface area contributed by atoms with Gasteiger partial charge in [0, 0.05) is 12.8 Å². The van der Waals surface area contributed by atoms with Crippen molar-refractivity contribution >= 4 is 23.5 Å². The lowest BCUT2D eigenvalue weighted by Gasteiger charge is -2.07. The van der Waals surface area contributed by atoms with Crippen LogP contribution in [0.15, 0.2) is 29.4 Å². The molecule has 0 amide bonds. The first-order chi connectivity index (χ1) is 8.61. The summed E-state index contributed by atoms with van der Waals surface area (Å²) < 4.78 is 5.09. The molecule has 4 nitrogen and oxygen atoms in total. The molecular formula is C13H19N3OS. The predicted octanol–water partition coefficient (Wildman–Crippen LogP) is 2.30. The van der Waals surface area contributed by atoms with Crippen molar-refractivity contribution in [3.63, 3.8) is 0 Å². The van der Waals surface area contributed by atoms with E-state index in [1.54, 1.807) is 13.3 Å². The summed E-state index contributed by atoms with van der Waals surface area (Å²) in [6.07, 6.45) is 1.81. The van der Waals surface area contributed by atoms with Crippen molar-refractivity contribution in [3.05, 3.63) is 29.8 Å². The SMILES string of the molecule is COc1ccc(CNC(=S)N/N=C\C(C)C)cc1. The Bertz CT molecular complexity index is 401. The second-order valence-electron chi connectivity index (χ2n) is 4.16. The third-order valence-corrected chi connectivity index (χ3v) is 2.39. The molecule has 0 aliphatic heterocycles. The van der Waals surface area contributed by atoms with Crippen LogP contribution in [-0.4, -0.2) is 18.4 Å². The van der Waals surface area contributed by atoms with Crippen molar-refractivity contribution in [2.24, 2.45) is 11.0 Å². The average molecular weight is 265 g/mol. The van der Waals surface area contributed by atoms with Crippen LogP contribution in [0.5, 0.6) is 5.75 Å². The third kappa shape index (κ3) is 5.63. The van der Waals surface area contributed by atoms with Gasteiger partial charge in [0.15, 0.2) is 5.11 Å². The zero-order valence-electron chi connectivity index (χ0n) is 10.9. The molecule has 18 heavy (non-hydrogen) atoms. The van der Waals surface area contributed by atoms with E-state index in [0.29, 0.717) is 17.6 Å². The molecule has 1 rings (SSSR count). The maximum absolute atomic E-state index is 5.09. The third-order valence-electron chi connectivity index (χ3n) is 2.15. The number of benzene rings is 1. The number of hydrogen-bond acceptors (Lipinski definition) is 3. The summed E-state index contributed by atoms with van der Waals surface area (Å²) >= 11 is 5.09. The number of hydrogen-bond donors (Lipinski definition) is 2. The Kier molecular flexibility index (Phi) is 6.14. The highest BCUT2D eigenvalue weighted by atomic mass is 32.1. The van der Waals surface area contributed by atoms with Gasteiger partial charge in [-0.2, -0.15) is 5.10 Å². The molecule has 0 spiro atoms. The Morgan fingerprint density at radius 3 is 2.61 bits per heavy atom. The monoisotopic (exact) mass is 265 g/mol. The summed E-state index contributed by atoms with van der Waals surface area (Å²) in [6, 6.07) is 7.83. The summed E-state index contributed by atoms with van der Waals surface area (Å²) in [5.74, 6) is 1.25. The Balaban J connectivity index is 2.33. The highest BCUT2D eigenvalue weighted by Crippen LogP contribution is 2.10. The van der Waals surface area contributed by atoms with E-state index >= 15 is 0 Å². The zero-order valence-corrected chi connectivity index (χ0v) is 11.8. The van der Waals surface area contributed by atoms with Gasteiger partial charge in [-0.3, -0.25) is 5.43 Å². The Morgan fingerprint density at radius 1 is 1.39 bits per heavy atom. The highest BCUT2D eigenvalue weighted by Gasteiger charge is 1.96. The number of ether oxygens (including phenoxy) is 1. The van der Waals surface area contributed by atoms with Crippen LogP contribution in [0, 0.1) is 5.92 Å². The van der Waals surface area contributed by atoms with Crippen LogP contribution in [0.2, 0.25) is 0 Å². The minimum atomic E-state index is 0.405. The molecule has 98 valence electrons. The van der Waals surface area contributed by atoms with Crippen molar-refractivity contribution < 1.29 is 4.74 Å². The molecule has 1 aromatic carbocycles. The molecule has 5 heteroatoms. The molecule has 0 fully saturated rings. The molecular weight excluding hydrogens is 246 g/mol. The van der Waals surface area contributed by atoms with E-state index in [2.05, 4.69) is 29.7 Å². The number of rotatable bonds is 5. The second-order valence-corrected chi connectivity index (χ2v) is 4.57. The first-order valence-corrected chi connectivity index (χ1v) is 6.22. The maximum atomic E-state index is 5.09. The summed E-state index contributed by atoms with van der Waals surface area (Å²) in [6.45, 7) is 4.77. The van der Waals surface area contributed by atoms with Gasteiger partial charge in [0.1, 0.15) is 5.75 Å². The van der Waals surface area contributed by atoms with E-state index in [4.69, 9.17) is 17.0 Å². The van der Waals surface area contributed by atoms with Gasteiger partial charge in [0.25, 0.3) is 0 Å². The van der Waals surface area contributed by atoms with Crippen molar-refractivity contribution in [1.82, 2.24) is 10.7 Å². The molecule has 1 aromatic rings. The number of thiocarbonyl (C=S) groups is 1. The fourth-order valence-corrected chi connectivity index (χ4v) is 1.34. The summed E-state index contributed by atoms with van der Waals surface area (Å²) in [5, 5.41) is 7.60. The van der Waals surface area contributed by atoms with E-state index in [1.807, 2.05) is 24.3 Å². The summed E-state index contributed by atoms with van der Waals surface area (Å²) in [4.78, 5) is 0. The van der Waals surface area contributed by atoms with E-state index in [-0.39, 0.29) is 0 Å². The van der Waals surface area contributed by atoms with Crippen LogP contribution >= 0.6 is 12.2 Å². The van der Waals surface area contributed by atoms with Gasteiger partial charge in [0.2, 0.25) is 0 Å². The van der Waals surface area contributed by atoms with Crippen molar-refractivity contribution in [1.29, 1.82) is 0 Å². The van der Waals surface area contributed by atoms with Crippen molar-refractivity contribution in [3.8, 4) is 5.75 Å². The van der Waals surface area contributed by atoms with Crippen LogP contribution in [0.4, 0.5) is 0 Å². The fraction of sp³-hybridized carbons (Fsp3) is 0.385. The zero-order chi connectivity index (χ0) is 13.4. The van der Waals surface area contributed by atoms with Crippen LogP contribution < -0.4 is 15.5 Å². The molecule has 0 unspecified atom stereocenters. The number of nitrogens with one attached hydrogen (secondary N) is 2. The van der Waals surface area contributed by atoms with Crippen molar-refractivity contribution in [2.75, 3.05) is 7.11 Å². The van der Waals surface area contributed by atoms with Gasteiger partial charge in [-0.25, -0.2) is 0 Å². The molecule has 0 saturated carbocycles. The first kappa shape index (κ1) is 14.4. The van der Waals surface area contributed by atoms with E-state index in [1.165, 1.54) is 0 Å². The number of methoxy groups -OCH3 is 1. The van der Waals surface area contributed by atoms with Crippen LogP contribution in [-0.2, 0) is 6.54 Å². The topological polar surface area (TPSA) is 45.6 Å². The normalized spacial score (nSPS) is 10.7. The van der Waals surface area contributed by atoms with Crippen LogP contribution in [0.3, 0.4) is 0 Å². The van der Waals surface area contributed by atoms with Gasteiger partial charge >= 0.3 is 0 Å². The molecule has 0 aliphatic rings. The first-order valence-electron chi connectivity index (χ1n) is 5.81. The summed E-state index contributed by atoms with van der Waals surface area (Å²) in [7, 11) is 1.65. The fourth-order valence-electron chi connectivity index (χ4n) is 1.21. The van der Waals surface area contributed by atoms with Gasteiger partial charge in [0.05, 0.1) is 7.11 Å².